The van der Waals surface area contributed by atoms with Crippen molar-refractivity contribution in [2.45, 2.75) is 17.7 Å². The molecule has 0 aromatic heterocycles. The Morgan fingerprint density at radius 2 is 1.74 bits per heavy atom. The Kier molecular flexibility index (Phi) is 7.28. The quantitative estimate of drug-likeness (QED) is 0.480. The molecule has 12 nitrogen and oxygen atoms in total. The normalized spacial score (nSPS) is 17.1. The van der Waals surface area contributed by atoms with Crippen LogP contribution in [0.2, 0.25) is 0 Å². The molecule has 2 aromatic rings. The molecule has 2 aliphatic heterocycles. The lowest BCUT2D eigenvalue weighted by Crippen LogP contribution is -2.47. The third kappa shape index (κ3) is 5.26. The molecule has 188 valence electrons. The van der Waals surface area contributed by atoms with Crippen molar-refractivity contribution in [2.75, 3.05) is 40.7 Å². The lowest BCUT2D eigenvalue weighted by Gasteiger charge is -2.23. The molecule has 2 aliphatic rings. The summed E-state index contributed by atoms with van der Waals surface area (Å²) in [7, 11) is -1.11. The van der Waals surface area contributed by atoms with Crippen molar-refractivity contribution in [1.82, 2.24) is 14.9 Å². The van der Waals surface area contributed by atoms with Gasteiger partial charge in [-0.25, -0.2) is 8.42 Å². The van der Waals surface area contributed by atoms with Gasteiger partial charge in [0, 0.05) is 19.2 Å². The molecule has 1 fully saturated rings. The molecule has 2 N–H and O–H groups in total. The minimum absolute atomic E-state index is 0.0153. The Morgan fingerprint density at radius 1 is 1.00 bits per heavy atom. The summed E-state index contributed by atoms with van der Waals surface area (Å²) < 4.78 is 53.8. The maximum absolute atomic E-state index is 13.2. The maximum Gasteiger partial charge on any atom is 0.309 e. The number of methoxy groups -OCH3 is 2. The van der Waals surface area contributed by atoms with E-state index in [9.17, 15) is 18.0 Å². The summed E-state index contributed by atoms with van der Waals surface area (Å²) in [4.78, 5) is 24.5. The third-order valence-corrected chi connectivity index (χ3v) is 7.32. The Morgan fingerprint density at radius 3 is 2.51 bits per heavy atom. The number of carbonyl (C=O) groups excluding carboxylic acids is 2. The number of nitrogens with one attached hydrogen (secondary N) is 2. The molecule has 1 saturated heterocycles. The predicted molar refractivity (Wildman–Crippen MR) is 121 cm³/mol. The Hall–Kier alpha value is -3.55. The average Bonchev–Trinajstić information content (AvgIpc) is 3.54. The van der Waals surface area contributed by atoms with Crippen LogP contribution in [0.3, 0.4) is 0 Å². The van der Waals surface area contributed by atoms with Crippen LogP contribution in [0.4, 0.5) is 0 Å². The van der Waals surface area contributed by atoms with Crippen molar-refractivity contribution in [1.29, 1.82) is 0 Å². The Labute approximate surface area is 202 Å². The second kappa shape index (κ2) is 10.4. The zero-order valence-corrected chi connectivity index (χ0v) is 19.9. The average molecular weight is 508 g/mol. The Balaban J connectivity index is 1.34. The molecule has 0 saturated carbocycles. The van der Waals surface area contributed by atoms with Crippen molar-refractivity contribution < 1.29 is 41.7 Å². The fraction of sp³-hybridized carbons (Fsp3) is 0.364. The van der Waals surface area contributed by atoms with Gasteiger partial charge in [-0.2, -0.15) is 4.31 Å². The van der Waals surface area contributed by atoms with Gasteiger partial charge in [-0.3, -0.25) is 9.59 Å². The van der Waals surface area contributed by atoms with E-state index in [1.807, 2.05) is 0 Å². The summed E-state index contributed by atoms with van der Waals surface area (Å²) in [5, 5.41) is 4.94. The highest BCUT2D eigenvalue weighted by atomic mass is 32.2. The van der Waals surface area contributed by atoms with Crippen LogP contribution in [0.5, 0.6) is 23.0 Å². The number of benzene rings is 2. The van der Waals surface area contributed by atoms with Crippen molar-refractivity contribution in [3.63, 3.8) is 0 Å². The third-order valence-electron chi connectivity index (χ3n) is 5.44. The lowest BCUT2D eigenvalue weighted by atomic mass is 10.2. The number of hydrogen-bond donors (Lipinski definition) is 2. The molecule has 0 bridgehead atoms. The molecular formula is C22H25N3O9S. The number of carbonyl (C=O) groups is 2. The van der Waals surface area contributed by atoms with E-state index in [2.05, 4.69) is 10.6 Å². The van der Waals surface area contributed by atoms with Crippen LogP contribution in [0.1, 0.15) is 5.56 Å². The molecule has 2 aromatic carbocycles. The number of rotatable bonds is 8. The SMILES string of the molecule is COc1ccc(S(=O)(=O)N2CCO[C@@H]2CNC(=O)C(=O)NCc2ccc3c(c2)OCO3)cc1OC. The van der Waals surface area contributed by atoms with E-state index in [4.69, 9.17) is 23.7 Å². The predicted octanol–water partition coefficient (Wildman–Crippen LogP) is 0.212. The van der Waals surface area contributed by atoms with E-state index in [0.717, 1.165) is 9.87 Å². The summed E-state index contributed by atoms with van der Waals surface area (Å²) in [5.74, 6) is 0.0503. The van der Waals surface area contributed by atoms with Crippen LogP contribution in [0.25, 0.3) is 0 Å². The van der Waals surface area contributed by atoms with Crippen molar-refractivity contribution in [2.24, 2.45) is 0 Å². The summed E-state index contributed by atoms with van der Waals surface area (Å²) in [6.45, 7) is 0.262. The van der Waals surface area contributed by atoms with Gasteiger partial charge in [-0.05, 0) is 29.8 Å². The second-order valence-electron chi connectivity index (χ2n) is 7.54. The maximum atomic E-state index is 13.2. The molecule has 1 atom stereocenters. The molecule has 0 radical (unpaired) electrons. The number of sulfonamides is 1. The fourth-order valence-corrected chi connectivity index (χ4v) is 5.15. The van der Waals surface area contributed by atoms with E-state index in [1.165, 1.54) is 32.4 Å². The summed E-state index contributed by atoms with van der Waals surface area (Å²) in [5.41, 5.74) is 0.724. The van der Waals surface area contributed by atoms with Crippen LogP contribution >= 0.6 is 0 Å². The minimum atomic E-state index is -3.97. The van der Waals surface area contributed by atoms with E-state index in [0.29, 0.717) is 17.2 Å². The second-order valence-corrected chi connectivity index (χ2v) is 9.43. The molecule has 0 aliphatic carbocycles. The standard InChI is InChI=1S/C22H25N3O9S/c1-30-16-6-4-15(10-18(16)31-2)35(28,29)25-7-8-32-20(25)12-24-22(27)21(26)23-11-14-3-5-17-19(9-14)34-13-33-17/h3-6,9-10,20H,7-8,11-13H2,1-2H3,(H,23,26)(H,24,27)/t20-/m1/s1. The Bertz CT molecular complexity index is 1220. The first-order valence-corrected chi connectivity index (χ1v) is 12.1. The van der Waals surface area contributed by atoms with Gasteiger partial charge >= 0.3 is 11.8 Å². The molecule has 35 heavy (non-hydrogen) atoms. The van der Waals surface area contributed by atoms with Crippen LogP contribution in [0, 0.1) is 0 Å². The van der Waals surface area contributed by atoms with Gasteiger partial charge in [0.1, 0.15) is 6.23 Å². The first-order valence-electron chi connectivity index (χ1n) is 10.6. The number of amides is 2. The van der Waals surface area contributed by atoms with Crippen LogP contribution in [-0.2, 0) is 30.9 Å². The van der Waals surface area contributed by atoms with Gasteiger partial charge in [0.2, 0.25) is 16.8 Å². The molecule has 0 spiro atoms. The topological polar surface area (TPSA) is 142 Å². The fourth-order valence-electron chi connectivity index (χ4n) is 3.63. The van der Waals surface area contributed by atoms with Gasteiger partial charge in [0.15, 0.2) is 23.0 Å². The van der Waals surface area contributed by atoms with Crippen LogP contribution in [0.15, 0.2) is 41.3 Å². The minimum Gasteiger partial charge on any atom is -0.493 e. The van der Waals surface area contributed by atoms with E-state index >= 15 is 0 Å². The molecule has 2 heterocycles. The zero-order chi connectivity index (χ0) is 25.0. The summed E-state index contributed by atoms with van der Waals surface area (Å²) in [6.07, 6.45) is -0.973. The summed E-state index contributed by atoms with van der Waals surface area (Å²) in [6, 6.07) is 9.41. The van der Waals surface area contributed by atoms with Gasteiger partial charge in [-0.15, -0.1) is 0 Å². The van der Waals surface area contributed by atoms with Gasteiger partial charge in [0.05, 0.1) is 32.3 Å². The molecule has 13 heteroatoms. The van der Waals surface area contributed by atoms with Gasteiger partial charge < -0.3 is 34.3 Å². The highest BCUT2D eigenvalue weighted by Crippen LogP contribution is 2.33. The first-order chi connectivity index (χ1) is 16.8. The number of nitrogens with zero attached hydrogens (tertiary/aromatic N) is 1. The molecule has 2 amide bonds. The zero-order valence-electron chi connectivity index (χ0n) is 19.1. The number of fused-ring (bicyclic) bond motifs is 1. The van der Waals surface area contributed by atoms with Gasteiger partial charge in [0.25, 0.3) is 0 Å². The smallest absolute Gasteiger partial charge is 0.309 e. The van der Waals surface area contributed by atoms with Crippen molar-refractivity contribution >= 4 is 21.8 Å². The van der Waals surface area contributed by atoms with Crippen molar-refractivity contribution in [3.05, 3.63) is 42.0 Å². The lowest BCUT2D eigenvalue weighted by molar-refractivity contribution is -0.139. The number of ether oxygens (including phenoxy) is 5. The van der Waals surface area contributed by atoms with E-state index in [-0.39, 0.29) is 43.7 Å². The monoisotopic (exact) mass is 507 g/mol. The molecule has 4 rings (SSSR count). The summed E-state index contributed by atoms with van der Waals surface area (Å²) >= 11 is 0. The van der Waals surface area contributed by atoms with Gasteiger partial charge in [-0.1, -0.05) is 6.07 Å². The first kappa shape index (κ1) is 24.6. The van der Waals surface area contributed by atoms with E-state index in [1.54, 1.807) is 18.2 Å². The highest BCUT2D eigenvalue weighted by molar-refractivity contribution is 7.89. The molecule has 0 unspecified atom stereocenters. The highest BCUT2D eigenvalue weighted by Gasteiger charge is 2.37. The number of hydrogen-bond acceptors (Lipinski definition) is 9. The van der Waals surface area contributed by atoms with E-state index < -0.39 is 28.1 Å². The van der Waals surface area contributed by atoms with Crippen LogP contribution < -0.4 is 29.6 Å². The van der Waals surface area contributed by atoms with Crippen molar-refractivity contribution in [3.8, 4) is 23.0 Å². The van der Waals surface area contributed by atoms with Crippen LogP contribution in [-0.4, -0.2) is 71.5 Å². The largest absolute Gasteiger partial charge is 0.493 e. The molecular weight excluding hydrogens is 482 g/mol.